The number of carbonyl (C=O) groups is 1. The van der Waals surface area contributed by atoms with Gasteiger partial charge in [-0.25, -0.2) is 9.37 Å². The molecule has 2 aromatic rings. The molecule has 5 heteroatoms. The maximum Gasteiger partial charge on any atom is 0.180 e. The predicted molar refractivity (Wildman–Crippen MR) is 55.2 cm³/mol. The fourth-order valence-electron chi connectivity index (χ4n) is 1.30. The van der Waals surface area contributed by atoms with E-state index in [0.717, 1.165) is 6.20 Å². The Morgan fingerprint density at radius 2 is 1.94 bits per heavy atom. The van der Waals surface area contributed by atoms with E-state index in [2.05, 4.69) is 15.0 Å². The van der Waals surface area contributed by atoms with Crippen molar-refractivity contribution >= 4 is 5.78 Å². The fourth-order valence-corrected chi connectivity index (χ4v) is 1.30. The van der Waals surface area contributed by atoms with Crippen molar-refractivity contribution < 1.29 is 9.18 Å². The lowest BCUT2D eigenvalue weighted by atomic mass is 10.1. The van der Waals surface area contributed by atoms with Gasteiger partial charge in [0.1, 0.15) is 17.2 Å². The van der Waals surface area contributed by atoms with Crippen LogP contribution >= 0.6 is 0 Å². The van der Waals surface area contributed by atoms with E-state index in [1.807, 2.05) is 0 Å². The van der Waals surface area contributed by atoms with E-state index in [9.17, 15) is 9.18 Å². The van der Waals surface area contributed by atoms with Gasteiger partial charge in [-0.05, 0) is 12.1 Å². The van der Waals surface area contributed by atoms with Crippen molar-refractivity contribution in [3.8, 4) is 11.4 Å². The van der Waals surface area contributed by atoms with Crippen LogP contribution in [0.15, 0.2) is 30.7 Å². The molecule has 0 atom stereocenters. The number of aromatic nitrogens is 3. The highest BCUT2D eigenvalue weighted by atomic mass is 19.1. The molecule has 0 fully saturated rings. The summed E-state index contributed by atoms with van der Waals surface area (Å²) in [4.78, 5) is 23.1. The highest BCUT2D eigenvalue weighted by Gasteiger charge is 2.12. The summed E-state index contributed by atoms with van der Waals surface area (Å²) in [5.41, 5.74) is 1.04. The van der Waals surface area contributed by atoms with Crippen molar-refractivity contribution in [1.29, 1.82) is 0 Å². The van der Waals surface area contributed by atoms with Gasteiger partial charge in [0.2, 0.25) is 0 Å². The maximum atomic E-state index is 12.7. The Balaban J connectivity index is 2.55. The molecule has 80 valence electrons. The van der Waals surface area contributed by atoms with E-state index < -0.39 is 5.82 Å². The summed E-state index contributed by atoms with van der Waals surface area (Å²) in [5.74, 6) is -0.633. The second kappa shape index (κ2) is 4.14. The van der Waals surface area contributed by atoms with Gasteiger partial charge in [0.05, 0.1) is 11.9 Å². The Morgan fingerprint density at radius 3 is 2.56 bits per heavy atom. The lowest BCUT2D eigenvalue weighted by Crippen LogP contribution is -2.02. The summed E-state index contributed by atoms with van der Waals surface area (Å²) in [7, 11) is 0. The Morgan fingerprint density at radius 1 is 1.19 bits per heavy atom. The standard InChI is InChI=1S/C11H8FN3O/c1-7(16)10-11(14-5-4-13-10)9-3-2-8(12)6-15-9/h2-6H,1H3. The summed E-state index contributed by atoms with van der Waals surface area (Å²) < 4.78 is 12.7. The monoisotopic (exact) mass is 217 g/mol. The van der Waals surface area contributed by atoms with Crippen molar-refractivity contribution in [2.45, 2.75) is 6.92 Å². The summed E-state index contributed by atoms with van der Waals surface area (Å²) >= 11 is 0. The first kappa shape index (κ1) is 10.4. The molecule has 0 aromatic carbocycles. The molecular weight excluding hydrogens is 209 g/mol. The van der Waals surface area contributed by atoms with Gasteiger partial charge in [0.15, 0.2) is 5.78 Å². The number of carbonyl (C=O) groups excluding carboxylic acids is 1. The van der Waals surface area contributed by atoms with E-state index in [1.54, 1.807) is 0 Å². The minimum Gasteiger partial charge on any atom is -0.293 e. The second-order valence-corrected chi connectivity index (χ2v) is 3.17. The molecule has 0 unspecified atom stereocenters. The molecular formula is C11H8FN3O. The van der Waals surface area contributed by atoms with E-state index >= 15 is 0 Å². The van der Waals surface area contributed by atoms with Crippen LogP contribution in [0, 0.1) is 5.82 Å². The molecule has 0 saturated heterocycles. The van der Waals surface area contributed by atoms with Crippen LogP contribution in [0.1, 0.15) is 17.4 Å². The Labute approximate surface area is 91.2 Å². The second-order valence-electron chi connectivity index (χ2n) is 3.17. The molecule has 0 radical (unpaired) electrons. The van der Waals surface area contributed by atoms with Crippen molar-refractivity contribution in [2.24, 2.45) is 0 Å². The SMILES string of the molecule is CC(=O)c1nccnc1-c1ccc(F)cn1. The third-order valence-electron chi connectivity index (χ3n) is 2.00. The molecule has 0 aliphatic carbocycles. The number of Topliss-reactive ketones (excluding diaryl/α,β-unsaturated/α-hetero) is 1. The van der Waals surface area contributed by atoms with Crippen molar-refractivity contribution in [2.75, 3.05) is 0 Å². The minimum atomic E-state index is -0.433. The van der Waals surface area contributed by atoms with Gasteiger partial charge in [-0.15, -0.1) is 0 Å². The average Bonchev–Trinajstić information content (AvgIpc) is 2.30. The van der Waals surface area contributed by atoms with Crippen molar-refractivity contribution in [3.63, 3.8) is 0 Å². The largest absolute Gasteiger partial charge is 0.293 e. The Hall–Kier alpha value is -2.17. The van der Waals surface area contributed by atoms with Gasteiger partial charge < -0.3 is 0 Å². The molecule has 0 amide bonds. The first-order chi connectivity index (χ1) is 7.68. The summed E-state index contributed by atoms with van der Waals surface area (Å²) in [5, 5.41) is 0. The average molecular weight is 217 g/mol. The van der Waals surface area contributed by atoms with Crippen LogP contribution < -0.4 is 0 Å². The Bertz CT molecular complexity index is 525. The smallest absolute Gasteiger partial charge is 0.180 e. The molecule has 16 heavy (non-hydrogen) atoms. The van der Waals surface area contributed by atoms with E-state index in [-0.39, 0.29) is 11.5 Å². The van der Waals surface area contributed by atoms with Crippen LogP contribution in [-0.4, -0.2) is 20.7 Å². The third kappa shape index (κ3) is 1.93. The summed E-state index contributed by atoms with van der Waals surface area (Å²) in [6, 6.07) is 2.73. The molecule has 0 spiro atoms. The summed E-state index contributed by atoms with van der Waals surface area (Å²) in [6.45, 7) is 1.40. The number of hydrogen-bond acceptors (Lipinski definition) is 4. The molecule has 0 N–H and O–H groups in total. The molecule has 2 aromatic heterocycles. The van der Waals surface area contributed by atoms with E-state index in [0.29, 0.717) is 11.4 Å². The van der Waals surface area contributed by atoms with E-state index in [4.69, 9.17) is 0 Å². The lowest BCUT2D eigenvalue weighted by Gasteiger charge is -2.03. The number of hydrogen-bond donors (Lipinski definition) is 0. The predicted octanol–water partition coefficient (Wildman–Crippen LogP) is 1.88. The normalized spacial score (nSPS) is 10.1. The molecule has 0 saturated carbocycles. The number of nitrogens with zero attached hydrogens (tertiary/aromatic N) is 3. The van der Waals surface area contributed by atoms with Gasteiger partial charge in [-0.3, -0.25) is 14.8 Å². The highest BCUT2D eigenvalue weighted by Crippen LogP contribution is 2.17. The first-order valence-corrected chi connectivity index (χ1v) is 4.62. The molecule has 0 bridgehead atoms. The van der Waals surface area contributed by atoms with Gasteiger partial charge in [-0.1, -0.05) is 0 Å². The highest BCUT2D eigenvalue weighted by molar-refractivity contribution is 5.97. The van der Waals surface area contributed by atoms with Crippen molar-refractivity contribution in [1.82, 2.24) is 15.0 Å². The van der Waals surface area contributed by atoms with Gasteiger partial charge in [0, 0.05) is 19.3 Å². The summed E-state index contributed by atoms with van der Waals surface area (Å²) in [6.07, 6.45) is 3.98. The van der Waals surface area contributed by atoms with Gasteiger partial charge in [-0.2, -0.15) is 0 Å². The Kier molecular flexibility index (Phi) is 2.68. The topological polar surface area (TPSA) is 55.7 Å². The zero-order chi connectivity index (χ0) is 11.5. The zero-order valence-corrected chi connectivity index (χ0v) is 8.51. The quantitative estimate of drug-likeness (QED) is 0.720. The van der Waals surface area contributed by atoms with Crippen LogP contribution in [-0.2, 0) is 0 Å². The first-order valence-electron chi connectivity index (χ1n) is 4.62. The molecule has 2 rings (SSSR count). The van der Waals surface area contributed by atoms with Crippen LogP contribution in [0.4, 0.5) is 4.39 Å². The number of ketones is 1. The van der Waals surface area contributed by atoms with Crippen LogP contribution in [0.5, 0.6) is 0 Å². The van der Waals surface area contributed by atoms with E-state index in [1.165, 1.54) is 31.5 Å². The minimum absolute atomic E-state index is 0.200. The van der Waals surface area contributed by atoms with Gasteiger partial charge in [0.25, 0.3) is 0 Å². The molecule has 4 nitrogen and oxygen atoms in total. The number of halogens is 1. The van der Waals surface area contributed by atoms with Gasteiger partial charge >= 0.3 is 0 Å². The number of pyridine rings is 1. The lowest BCUT2D eigenvalue weighted by molar-refractivity contribution is 0.101. The fraction of sp³-hybridized carbons (Fsp3) is 0.0909. The zero-order valence-electron chi connectivity index (χ0n) is 8.51. The molecule has 0 aliphatic heterocycles. The molecule has 2 heterocycles. The van der Waals surface area contributed by atoms with Crippen LogP contribution in [0.25, 0.3) is 11.4 Å². The third-order valence-corrected chi connectivity index (χ3v) is 2.00. The van der Waals surface area contributed by atoms with Crippen LogP contribution in [0.2, 0.25) is 0 Å². The maximum absolute atomic E-state index is 12.7. The molecule has 0 aliphatic rings. The van der Waals surface area contributed by atoms with Crippen molar-refractivity contribution in [3.05, 3.63) is 42.2 Å². The number of rotatable bonds is 2. The van der Waals surface area contributed by atoms with Crippen LogP contribution in [0.3, 0.4) is 0 Å².